The summed E-state index contributed by atoms with van der Waals surface area (Å²) in [5, 5.41) is 1.94. The third-order valence-electron chi connectivity index (χ3n) is 4.03. The van der Waals surface area contributed by atoms with Crippen LogP contribution in [0.5, 0.6) is 0 Å². The van der Waals surface area contributed by atoms with Crippen LogP contribution in [-0.4, -0.2) is 29.8 Å². The Morgan fingerprint density at radius 1 is 1.17 bits per heavy atom. The van der Waals surface area contributed by atoms with E-state index in [1.54, 1.807) is 17.0 Å². The maximum Gasteiger partial charge on any atom is 0.265 e. The maximum absolute atomic E-state index is 12.7. The molecule has 8 heteroatoms. The molecule has 3 rings (SSSR count). The summed E-state index contributed by atoms with van der Waals surface area (Å²) in [5.41, 5.74) is 5.32. The number of thiophene rings is 1. The molecule has 0 bridgehead atoms. The number of halogens is 3. The molecule has 1 aromatic heterocycles. The van der Waals surface area contributed by atoms with Crippen LogP contribution >= 0.6 is 46.1 Å². The zero-order valence-corrected chi connectivity index (χ0v) is 15.0. The van der Waals surface area contributed by atoms with E-state index in [0.717, 1.165) is 4.70 Å². The van der Waals surface area contributed by atoms with E-state index in [1.807, 2.05) is 0 Å². The number of rotatable bonds is 2. The topological polar surface area (TPSA) is 63.4 Å². The van der Waals surface area contributed by atoms with Gasteiger partial charge in [0.2, 0.25) is 5.91 Å². The smallest absolute Gasteiger partial charge is 0.265 e. The molecule has 1 aromatic carbocycles. The van der Waals surface area contributed by atoms with E-state index in [0.29, 0.717) is 51.3 Å². The molecule has 4 nitrogen and oxygen atoms in total. The molecule has 2 heterocycles. The number of benzene rings is 1. The molecule has 2 amide bonds. The van der Waals surface area contributed by atoms with E-state index in [-0.39, 0.29) is 17.7 Å². The lowest BCUT2D eigenvalue weighted by Crippen LogP contribution is -2.41. The first-order valence-electron chi connectivity index (χ1n) is 7.04. The SMILES string of the molecule is NC(=O)C1CCN(C(=O)c2sc3cc(Cl)cc(Cl)c3c2Cl)CC1. The van der Waals surface area contributed by atoms with Crippen molar-refractivity contribution >= 4 is 68.0 Å². The minimum atomic E-state index is -0.307. The quantitative estimate of drug-likeness (QED) is 0.834. The van der Waals surface area contributed by atoms with E-state index in [1.165, 1.54) is 11.3 Å². The fourth-order valence-corrected chi connectivity index (χ4v) is 5.10. The van der Waals surface area contributed by atoms with Gasteiger partial charge in [0.25, 0.3) is 5.91 Å². The summed E-state index contributed by atoms with van der Waals surface area (Å²) in [5.74, 6) is -0.616. The first-order valence-corrected chi connectivity index (χ1v) is 8.99. The predicted octanol–water partition coefficient (Wildman–Crippen LogP) is 4.20. The van der Waals surface area contributed by atoms with Crippen LogP contribution in [0, 0.1) is 5.92 Å². The average molecular weight is 392 g/mol. The Bertz CT molecular complexity index is 798. The van der Waals surface area contributed by atoms with Gasteiger partial charge in [0, 0.05) is 34.1 Å². The summed E-state index contributed by atoms with van der Waals surface area (Å²) in [6.07, 6.45) is 1.16. The van der Waals surface area contributed by atoms with Crippen LogP contribution in [0.1, 0.15) is 22.5 Å². The number of carbonyl (C=O) groups excluding carboxylic acids is 2. The molecule has 1 aliphatic rings. The molecule has 0 atom stereocenters. The first-order chi connectivity index (χ1) is 10.9. The Morgan fingerprint density at radius 3 is 2.43 bits per heavy atom. The molecule has 2 N–H and O–H groups in total. The average Bonchev–Trinajstić information content (AvgIpc) is 2.83. The normalized spacial score (nSPS) is 16.0. The van der Waals surface area contributed by atoms with E-state index in [2.05, 4.69) is 0 Å². The Hall–Kier alpha value is -1.01. The Kier molecular flexibility index (Phi) is 4.74. The van der Waals surface area contributed by atoms with Crippen molar-refractivity contribution in [3.05, 3.63) is 32.1 Å². The predicted molar refractivity (Wildman–Crippen MR) is 94.7 cm³/mol. The number of fused-ring (bicyclic) bond motifs is 1. The molecule has 122 valence electrons. The summed E-state index contributed by atoms with van der Waals surface area (Å²) >= 11 is 19.8. The number of nitrogens with two attached hydrogens (primary N) is 1. The highest BCUT2D eigenvalue weighted by Crippen LogP contribution is 2.41. The number of likely N-dealkylation sites (tertiary alicyclic amines) is 1. The number of carbonyl (C=O) groups is 2. The van der Waals surface area contributed by atoms with Crippen molar-refractivity contribution in [2.24, 2.45) is 11.7 Å². The molecular formula is C15H13Cl3N2O2S. The molecule has 2 aromatic rings. The van der Waals surface area contributed by atoms with E-state index < -0.39 is 0 Å². The van der Waals surface area contributed by atoms with Gasteiger partial charge < -0.3 is 10.6 Å². The molecule has 1 saturated heterocycles. The standard InChI is InChI=1S/C15H13Cl3N2O2S/c16-8-5-9(17)11-10(6-8)23-13(12(11)18)15(22)20-3-1-7(2-4-20)14(19)21/h5-7H,1-4H2,(H2,19,21). The first kappa shape index (κ1) is 16.8. The molecule has 1 aliphatic heterocycles. The van der Waals surface area contributed by atoms with Crippen molar-refractivity contribution in [3.8, 4) is 0 Å². The van der Waals surface area contributed by atoms with Gasteiger partial charge in [-0.25, -0.2) is 0 Å². The van der Waals surface area contributed by atoms with E-state index in [9.17, 15) is 9.59 Å². The van der Waals surface area contributed by atoms with E-state index >= 15 is 0 Å². The fourth-order valence-electron chi connectivity index (χ4n) is 2.76. The van der Waals surface area contributed by atoms with Gasteiger partial charge in [-0.15, -0.1) is 11.3 Å². The van der Waals surface area contributed by atoms with Crippen LogP contribution in [0.2, 0.25) is 15.1 Å². The van der Waals surface area contributed by atoms with Crippen LogP contribution in [0.25, 0.3) is 10.1 Å². The number of nitrogens with zero attached hydrogens (tertiary/aromatic N) is 1. The summed E-state index contributed by atoms with van der Waals surface area (Å²) in [4.78, 5) is 26.1. The molecule has 0 radical (unpaired) electrons. The van der Waals surface area contributed by atoms with E-state index in [4.69, 9.17) is 40.5 Å². The van der Waals surface area contributed by atoms with Crippen LogP contribution in [0.3, 0.4) is 0 Å². The summed E-state index contributed by atoms with van der Waals surface area (Å²) in [6.45, 7) is 0.983. The fraction of sp³-hybridized carbons (Fsp3) is 0.333. The summed E-state index contributed by atoms with van der Waals surface area (Å²) in [6, 6.07) is 3.35. The zero-order valence-electron chi connectivity index (χ0n) is 11.9. The van der Waals surface area contributed by atoms with Crippen molar-refractivity contribution in [1.29, 1.82) is 0 Å². The van der Waals surface area contributed by atoms with Crippen molar-refractivity contribution in [1.82, 2.24) is 4.90 Å². The lowest BCUT2D eigenvalue weighted by atomic mass is 9.96. The third kappa shape index (κ3) is 3.15. The Labute approximate surface area is 152 Å². The van der Waals surface area contributed by atoms with Crippen molar-refractivity contribution in [3.63, 3.8) is 0 Å². The van der Waals surface area contributed by atoms with Crippen LogP contribution in [0.15, 0.2) is 12.1 Å². The van der Waals surface area contributed by atoms with Gasteiger partial charge in [0.05, 0.1) is 10.0 Å². The third-order valence-corrected chi connectivity index (χ3v) is 6.16. The molecule has 0 spiro atoms. The highest BCUT2D eigenvalue weighted by atomic mass is 35.5. The molecule has 0 aliphatic carbocycles. The van der Waals surface area contributed by atoms with Crippen molar-refractivity contribution in [2.45, 2.75) is 12.8 Å². The molecule has 0 saturated carbocycles. The maximum atomic E-state index is 12.7. The van der Waals surface area contributed by atoms with Gasteiger partial charge in [0.1, 0.15) is 4.88 Å². The second-order valence-corrected chi connectivity index (χ2v) is 7.75. The second-order valence-electron chi connectivity index (χ2n) is 5.47. The summed E-state index contributed by atoms with van der Waals surface area (Å²) in [7, 11) is 0. The molecular weight excluding hydrogens is 379 g/mol. The highest BCUT2D eigenvalue weighted by molar-refractivity contribution is 7.21. The van der Waals surface area contributed by atoms with Crippen molar-refractivity contribution < 1.29 is 9.59 Å². The molecule has 1 fully saturated rings. The minimum Gasteiger partial charge on any atom is -0.369 e. The van der Waals surface area contributed by atoms with Crippen LogP contribution < -0.4 is 5.73 Å². The largest absolute Gasteiger partial charge is 0.369 e. The lowest BCUT2D eigenvalue weighted by molar-refractivity contribution is -0.123. The van der Waals surface area contributed by atoms with Gasteiger partial charge in [-0.05, 0) is 25.0 Å². The lowest BCUT2D eigenvalue weighted by Gasteiger charge is -2.30. The monoisotopic (exact) mass is 390 g/mol. The van der Waals surface area contributed by atoms with Gasteiger partial charge in [-0.1, -0.05) is 34.8 Å². The molecule has 0 unspecified atom stereocenters. The number of hydrogen-bond donors (Lipinski definition) is 1. The number of hydrogen-bond acceptors (Lipinski definition) is 3. The minimum absolute atomic E-state index is 0.147. The van der Waals surface area contributed by atoms with Crippen LogP contribution in [-0.2, 0) is 4.79 Å². The Morgan fingerprint density at radius 2 is 1.83 bits per heavy atom. The van der Waals surface area contributed by atoms with Gasteiger partial charge in [-0.3, -0.25) is 9.59 Å². The van der Waals surface area contributed by atoms with Gasteiger partial charge >= 0.3 is 0 Å². The zero-order chi connectivity index (χ0) is 16.7. The number of primary amides is 1. The summed E-state index contributed by atoms with van der Waals surface area (Å²) < 4.78 is 0.780. The highest BCUT2D eigenvalue weighted by Gasteiger charge is 2.29. The van der Waals surface area contributed by atoms with Crippen molar-refractivity contribution in [2.75, 3.05) is 13.1 Å². The second kappa shape index (κ2) is 6.48. The van der Waals surface area contributed by atoms with Crippen LogP contribution in [0.4, 0.5) is 0 Å². The molecule has 23 heavy (non-hydrogen) atoms. The van der Waals surface area contributed by atoms with Gasteiger partial charge in [0.15, 0.2) is 0 Å². The number of amides is 2. The number of piperidine rings is 1. The van der Waals surface area contributed by atoms with Gasteiger partial charge in [-0.2, -0.15) is 0 Å². The Balaban J connectivity index is 1.89.